The summed E-state index contributed by atoms with van der Waals surface area (Å²) >= 11 is 0. The van der Waals surface area contributed by atoms with Gasteiger partial charge in [-0.15, -0.1) is 0 Å². The van der Waals surface area contributed by atoms with E-state index in [4.69, 9.17) is 5.73 Å². The number of fused-ring (bicyclic) bond motifs is 3. The van der Waals surface area contributed by atoms with Crippen molar-refractivity contribution < 1.29 is 22.8 Å². The normalized spacial score (nSPS) is 32.6. The molecule has 33 heavy (non-hydrogen) atoms. The molecule has 0 aromatic heterocycles. The van der Waals surface area contributed by atoms with Crippen molar-refractivity contribution >= 4 is 11.8 Å². The van der Waals surface area contributed by atoms with Crippen LogP contribution in [0.2, 0.25) is 0 Å². The lowest BCUT2D eigenvalue weighted by atomic mass is 10.0. The van der Waals surface area contributed by atoms with Crippen LogP contribution in [0.4, 0.5) is 13.2 Å². The zero-order chi connectivity index (χ0) is 23.7. The number of nitrogens with zero attached hydrogens (tertiary/aromatic N) is 4. The fourth-order valence-electron chi connectivity index (χ4n) is 5.95. The monoisotopic (exact) mass is 461 g/mol. The number of likely N-dealkylation sites (tertiary alicyclic amines) is 3. The molecule has 176 valence electrons. The Morgan fingerprint density at radius 3 is 2.73 bits per heavy atom. The van der Waals surface area contributed by atoms with Crippen LogP contribution in [0.3, 0.4) is 0 Å². The molecule has 0 spiro atoms. The second-order valence-electron chi connectivity index (χ2n) is 9.70. The van der Waals surface area contributed by atoms with E-state index in [1.807, 2.05) is 4.90 Å². The highest BCUT2D eigenvalue weighted by Gasteiger charge is 2.56. The van der Waals surface area contributed by atoms with Gasteiger partial charge >= 0.3 is 6.18 Å². The number of alkyl halides is 3. The quantitative estimate of drug-likeness (QED) is 0.723. The van der Waals surface area contributed by atoms with Gasteiger partial charge in [0, 0.05) is 25.2 Å². The number of benzene rings is 1. The highest BCUT2D eigenvalue weighted by Crippen LogP contribution is 2.48. The molecule has 1 saturated carbocycles. The van der Waals surface area contributed by atoms with Crippen LogP contribution >= 0.6 is 0 Å². The van der Waals surface area contributed by atoms with E-state index in [-0.39, 0.29) is 30.4 Å². The summed E-state index contributed by atoms with van der Waals surface area (Å²) in [5, 5.41) is 9.34. The highest BCUT2D eigenvalue weighted by molar-refractivity contribution is 5.87. The van der Waals surface area contributed by atoms with Crippen LogP contribution in [-0.4, -0.2) is 69.8 Å². The molecule has 1 aromatic carbocycles. The molecule has 3 heterocycles. The van der Waals surface area contributed by atoms with Gasteiger partial charge in [0.25, 0.3) is 0 Å². The molecule has 4 fully saturated rings. The summed E-state index contributed by atoms with van der Waals surface area (Å²) in [6.45, 7) is 2.49. The van der Waals surface area contributed by atoms with Crippen molar-refractivity contribution in [3.8, 4) is 6.07 Å². The Balaban J connectivity index is 1.24. The molecule has 4 aliphatic rings. The van der Waals surface area contributed by atoms with Crippen LogP contribution in [-0.2, 0) is 15.8 Å². The van der Waals surface area contributed by atoms with E-state index in [9.17, 15) is 28.0 Å². The number of rotatable bonds is 5. The van der Waals surface area contributed by atoms with Crippen LogP contribution in [0.15, 0.2) is 24.3 Å². The van der Waals surface area contributed by atoms with Gasteiger partial charge in [-0.05, 0) is 49.8 Å². The molecule has 1 aliphatic carbocycles. The van der Waals surface area contributed by atoms with Crippen LogP contribution < -0.4 is 5.73 Å². The van der Waals surface area contributed by atoms with Crippen molar-refractivity contribution in [2.75, 3.05) is 13.1 Å². The molecular weight excluding hydrogens is 435 g/mol. The largest absolute Gasteiger partial charge is 0.416 e. The Morgan fingerprint density at radius 1 is 1.30 bits per heavy atom. The maximum atomic E-state index is 13.1. The molecule has 2 bridgehead atoms. The van der Waals surface area contributed by atoms with Crippen molar-refractivity contribution in [2.45, 2.75) is 68.6 Å². The van der Waals surface area contributed by atoms with Crippen molar-refractivity contribution in [3.63, 3.8) is 0 Å². The Bertz CT molecular complexity index is 1020. The standard InChI is InChI=1S/C23H26F3N5O2/c1-12(13-3-2-4-15(5-13)23(24,25)26)30-17-8-20(22(30)33)29(10-17)11-18(28)21(32)31-16(9-27)6-14-7-19(14)31/h2-5,12,14,16-20H,6-8,10-11,28H2,1H3/t12-,14-,16+,17?,18+,19?,20-/m1/s1. The van der Waals surface area contributed by atoms with E-state index >= 15 is 0 Å². The van der Waals surface area contributed by atoms with E-state index in [1.54, 1.807) is 22.8 Å². The Hall–Kier alpha value is -2.64. The molecule has 2 N–H and O–H groups in total. The zero-order valence-electron chi connectivity index (χ0n) is 18.2. The van der Waals surface area contributed by atoms with Crippen molar-refractivity contribution in [2.24, 2.45) is 11.7 Å². The third-order valence-electron chi connectivity index (χ3n) is 7.68. The van der Waals surface area contributed by atoms with E-state index in [1.165, 1.54) is 6.07 Å². The van der Waals surface area contributed by atoms with Gasteiger partial charge in [0.15, 0.2) is 0 Å². The smallest absolute Gasteiger partial charge is 0.330 e. The Morgan fingerprint density at radius 2 is 2.06 bits per heavy atom. The number of nitriles is 1. The van der Waals surface area contributed by atoms with E-state index < -0.39 is 35.9 Å². The van der Waals surface area contributed by atoms with Gasteiger partial charge in [-0.3, -0.25) is 14.5 Å². The van der Waals surface area contributed by atoms with E-state index in [0.29, 0.717) is 30.9 Å². The molecule has 1 aromatic rings. The maximum absolute atomic E-state index is 13.1. The van der Waals surface area contributed by atoms with Gasteiger partial charge in [-0.1, -0.05) is 12.1 Å². The number of carbonyl (C=O) groups is 2. The van der Waals surface area contributed by atoms with Crippen LogP contribution in [0.1, 0.15) is 43.4 Å². The van der Waals surface area contributed by atoms with Crippen molar-refractivity contribution in [1.29, 1.82) is 5.26 Å². The maximum Gasteiger partial charge on any atom is 0.416 e. The van der Waals surface area contributed by atoms with Crippen molar-refractivity contribution in [1.82, 2.24) is 14.7 Å². The molecule has 7 nitrogen and oxygen atoms in total. The highest BCUT2D eigenvalue weighted by atomic mass is 19.4. The Labute approximate surface area is 189 Å². The summed E-state index contributed by atoms with van der Waals surface area (Å²) in [5.74, 6) is 0.0196. The summed E-state index contributed by atoms with van der Waals surface area (Å²) in [6, 6.07) is 5.11. The summed E-state index contributed by atoms with van der Waals surface area (Å²) in [5.41, 5.74) is 5.93. The first kappa shape index (κ1) is 22.2. The zero-order valence-corrected chi connectivity index (χ0v) is 18.2. The molecule has 0 radical (unpaired) electrons. The number of piperazine rings is 1. The third kappa shape index (κ3) is 3.67. The molecule has 3 aliphatic heterocycles. The molecule has 3 saturated heterocycles. The number of hydrogen-bond acceptors (Lipinski definition) is 5. The minimum atomic E-state index is -4.44. The SMILES string of the molecule is C[C@H](c1cccc(C(F)(F)F)c1)N1C(=O)[C@H]2CC1CN2C[C@H](N)C(=O)N1C2C[C@H]2C[C@H]1C#N. The number of carbonyl (C=O) groups excluding carboxylic acids is 2. The van der Waals surface area contributed by atoms with Crippen molar-refractivity contribution in [3.05, 3.63) is 35.4 Å². The number of nitrogens with two attached hydrogens (primary N) is 1. The van der Waals surface area contributed by atoms with Gasteiger partial charge in [-0.25, -0.2) is 0 Å². The molecular formula is C23H26F3N5O2. The lowest BCUT2D eigenvalue weighted by Gasteiger charge is -2.38. The first-order valence-corrected chi connectivity index (χ1v) is 11.3. The molecule has 5 rings (SSSR count). The van der Waals surface area contributed by atoms with E-state index in [2.05, 4.69) is 6.07 Å². The van der Waals surface area contributed by atoms with Gasteiger partial charge in [0.2, 0.25) is 11.8 Å². The second kappa shape index (κ2) is 7.71. The lowest BCUT2D eigenvalue weighted by molar-refractivity contribution is -0.141. The summed E-state index contributed by atoms with van der Waals surface area (Å²) in [7, 11) is 0. The summed E-state index contributed by atoms with van der Waals surface area (Å²) < 4.78 is 39.3. The average Bonchev–Trinajstić information content (AvgIpc) is 3.11. The van der Waals surface area contributed by atoms with Crippen LogP contribution in [0.5, 0.6) is 0 Å². The molecule has 7 atom stereocenters. The first-order valence-electron chi connectivity index (χ1n) is 11.3. The fourth-order valence-corrected chi connectivity index (χ4v) is 5.95. The summed E-state index contributed by atoms with van der Waals surface area (Å²) in [4.78, 5) is 31.3. The van der Waals surface area contributed by atoms with Gasteiger partial charge in [-0.2, -0.15) is 18.4 Å². The van der Waals surface area contributed by atoms with Gasteiger partial charge < -0.3 is 15.5 Å². The minimum absolute atomic E-state index is 0.119. The first-order chi connectivity index (χ1) is 15.6. The second-order valence-corrected chi connectivity index (χ2v) is 9.70. The molecule has 10 heteroatoms. The predicted molar refractivity (Wildman–Crippen MR) is 111 cm³/mol. The number of piperidine rings is 1. The van der Waals surface area contributed by atoms with Crippen LogP contribution in [0, 0.1) is 17.2 Å². The lowest BCUT2D eigenvalue weighted by Crippen LogP contribution is -2.57. The average molecular weight is 461 g/mol. The Kier molecular flexibility index (Phi) is 5.18. The number of hydrogen-bond donors (Lipinski definition) is 1. The topological polar surface area (TPSA) is 93.7 Å². The van der Waals surface area contributed by atoms with Crippen LogP contribution in [0.25, 0.3) is 0 Å². The predicted octanol–water partition coefficient (Wildman–Crippen LogP) is 1.89. The molecule has 2 amide bonds. The minimum Gasteiger partial charge on any atom is -0.330 e. The molecule has 2 unspecified atom stereocenters. The number of amides is 2. The third-order valence-corrected chi connectivity index (χ3v) is 7.68. The number of halogens is 3. The van der Waals surface area contributed by atoms with E-state index in [0.717, 1.165) is 18.6 Å². The van der Waals surface area contributed by atoms with Gasteiger partial charge in [0.1, 0.15) is 6.04 Å². The van der Waals surface area contributed by atoms with Gasteiger partial charge in [0.05, 0.1) is 29.8 Å². The fraction of sp³-hybridized carbons (Fsp3) is 0.609. The summed E-state index contributed by atoms with van der Waals surface area (Å²) in [6.07, 6.45) is -2.25.